The summed E-state index contributed by atoms with van der Waals surface area (Å²) in [6.07, 6.45) is 0.984. The molecule has 1 unspecified atom stereocenters. The van der Waals surface area contributed by atoms with Gasteiger partial charge in [-0.1, -0.05) is 19.9 Å². The summed E-state index contributed by atoms with van der Waals surface area (Å²) in [5.74, 6) is 0.264. The zero-order valence-corrected chi connectivity index (χ0v) is 10.8. The molecule has 2 N–H and O–H groups in total. The van der Waals surface area contributed by atoms with Gasteiger partial charge in [-0.05, 0) is 37.0 Å². The van der Waals surface area contributed by atoms with Crippen molar-refractivity contribution in [3.63, 3.8) is 0 Å². The van der Waals surface area contributed by atoms with Crippen molar-refractivity contribution in [3.8, 4) is 0 Å². The van der Waals surface area contributed by atoms with Gasteiger partial charge in [0.25, 0.3) is 0 Å². The van der Waals surface area contributed by atoms with Crippen LogP contribution in [0.2, 0.25) is 0 Å². The van der Waals surface area contributed by atoms with Gasteiger partial charge in [-0.3, -0.25) is 0 Å². The van der Waals surface area contributed by atoms with Gasteiger partial charge in [-0.15, -0.1) is 0 Å². The van der Waals surface area contributed by atoms with Crippen molar-refractivity contribution < 1.29 is 4.39 Å². The van der Waals surface area contributed by atoms with E-state index in [0.717, 1.165) is 18.7 Å². The molecule has 0 radical (unpaired) electrons. The van der Waals surface area contributed by atoms with E-state index >= 15 is 0 Å². The molecule has 1 aromatic rings. The number of hydrogen-bond donors (Lipinski definition) is 1. The largest absolute Gasteiger partial charge is 0.364 e. The Morgan fingerprint density at radius 2 is 2.18 bits per heavy atom. The van der Waals surface area contributed by atoms with Crippen LogP contribution in [0, 0.1) is 11.7 Å². The number of fused-ring (bicyclic) bond motifs is 1. The first-order valence-corrected chi connectivity index (χ1v) is 6.25. The molecule has 3 heteroatoms. The average Bonchev–Trinajstić information content (AvgIpc) is 2.71. The van der Waals surface area contributed by atoms with Gasteiger partial charge in [-0.2, -0.15) is 0 Å². The van der Waals surface area contributed by atoms with Crippen LogP contribution < -0.4 is 10.6 Å². The number of halogens is 1. The highest BCUT2D eigenvalue weighted by molar-refractivity contribution is 5.60. The van der Waals surface area contributed by atoms with Crippen molar-refractivity contribution >= 4 is 5.69 Å². The van der Waals surface area contributed by atoms with Crippen LogP contribution in [-0.2, 0) is 6.42 Å². The Morgan fingerprint density at radius 1 is 1.47 bits per heavy atom. The second-order valence-corrected chi connectivity index (χ2v) is 5.39. The van der Waals surface area contributed by atoms with Crippen molar-refractivity contribution in [2.45, 2.75) is 32.7 Å². The summed E-state index contributed by atoms with van der Waals surface area (Å²) < 4.78 is 13.4. The topological polar surface area (TPSA) is 29.3 Å². The van der Waals surface area contributed by atoms with Crippen LogP contribution in [0.5, 0.6) is 0 Å². The number of nitrogens with zero attached hydrogens (tertiary/aromatic N) is 1. The molecule has 2 nitrogen and oxygen atoms in total. The maximum atomic E-state index is 13.4. The van der Waals surface area contributed by atoms with Crippen LogP contribution in [0.3, 0.4) is 0 Å². The van der Waals surface area contributed by atoms with Crippen molar-refractivity contribution in [1.29, 1.82) is 0 Å². The van der Waals surface area contributed by atoms with E-state index in [1.165, 1.54) is 11.6 Å². The number of benzene rings is 1. The van der Waals surface area contributed by atoms with Crippen LogP contribution in [-0.4, -0.2) is 18.6 Å². The monoisotopic (exact) mass is 236 g/mol. The number of rotatable bonds is 3. The highest BCUT2D eigenvalue weighted by atomic mass is 19.1. The average molecular weight is 236 g/mol. The minimum Gasteiger partial charge on any atom is -0.364 e. The predicted octanol–water partition coefficient (Wildman–Crippen LogP) is 2.56. The molecule has 1 aliphatic rings. The SMILES string of the molecule is CC(C)C(C)(CN)N1CCc2ccc(F)cc21. The summed E-state index contributed by atoms with van der Waals surface area (Å²) >= 11 is 0. The Morgan fingerprint density at radius 3 is 2.76 bits per heavy atom. The number of anilines is 1. The summed E-state index contributed by atoms with van der Waals surface area (Å²) in [5, 5.41) is 0. The van der Waals surface area contributed by atoms with Crippen LogP contribution in [0.15, 0.2) is 18.2 Å². The number of hydrogen-bond acceptors (Lipinski definition) is 2. The summed E-state index contributed by atoms with van der Waals surface area (Å²) in [7, 11) is 0. The molecule has 1 heterocycles. The lowest BCUT2D eigenvalue weighted by Crippen LogP contribution is -2.55. The molecular weight excluding hydrogens is 215 g/mol. The molecule has 0 fully saturated rings. The molecule has 0 spiro atoms. The molecule has 1 atom stereocenters. The van der Waals surface area contributed by atoms with Crippen molar-refractivity contribution in [2.75, 3.05) is 18.0 Å². The molecule has 17 heavy (non-hydrogen) atoms. The van der Waals surface area contributed by atoms with Gasteiger partial charge in [0.05, 0.1) is 5.54 Å². The van der Waals surface area contributed by atoms with E-state index in [-0.39, 0.29) is 11.4 Å². The lowest BCUT2D eigenvalue weighted by Gasteiger charge is -2.43. The fourth-order valence-electron chi connectivity index (χ4n) is 2.54. The van der Waals surface area contributed by atoms with Gasteiger partial charge in [0.2, 0.25) is 0 Å². The molecule has 2 rings (SSSR count). The Kier molecular flexibility index (Phi) is 3.13. The third-order valence-electron chi connectivity index (χ3n) is 4.22. The zero-order chi connectivity index (χ0) is 12.6. The smallest absolute Gasteiger partial charge is 0.125 e. The summed E-state index contributed by atoms with van der Waals surface area (Å²) in [6, 6.07) is 5.07. The lowest BCUT2D eigenvalue weighted by molar-refractivity contribution is 0.324. The maximum Gasteiger partial charge on any atom is 0.125 e. The van der Waals surface area contributed by atoms with Gasteiger partial charge in [-0.25, -0.2) is 4.39 Å². The molecule has 1 aromatic carbocycles. The zero-order valence-electron chi connectivity index (χ0n) is 10.8. The van der Waals surface area contributed by atoms with Gasteiger partial charge < -0.3 is 10.6 Å². The van der Waals surface area contributed by atoms with E-state index in [4.69, 9.17) is 5.73 Å². The van der Waals surface area contributed by atoms with Crippen LogP contribution in [0.1, 0.15) is 26.3 Å². The van der Waals surface area contributed by atoms with Gasteiger partial charge in [0.1, 0.15) is 5.82 Å². The second kappa shape index (κ2) is 4.30. The second-order valence-electron chi connectivity index (χ2n) is 5.39. The van der Waals surface area contributed by atoms with Gasteiger partial charge >= 0.3 is 0 Å². The fourth-order valence-corrected chi connectivity index (χ4v) is 2.54. The highest BCUT2D eigenvalue weighted by Crippen LogP contribution is 2.37. The maximum absolute atomic E-state index is 13.4. The molecule has 0 saturated carbocycles. The molecule has 94 valence electrons. The van der Waals surface area contributed by atoms with Crippen molar-refractivity contribution in [2.24, 2.45) is 11.7 Å². The van der Waals surface area contributed by atoms with Crippen molar-refractivity contribution in [3.05, 3.63) is 29.6 Å². The minimum absolute atomic E-state index is 0.0982. The molecule has 0 saturated heterocycles. The predicted molar refractivity (Wildman–Crippen MR) is 69.7 cm³/mol. The van der Waals surface area contributed by atoms with E-state index < -0.39 is 0 Å². The molecule has 1 aliphatic heterocycles. The minimum atomic E-state index is -0.168. The summed E-state index contributed by atoms with van der Waals surface area (Å²) in [6.45, 7) is 8.03. The summed E-state index contributed by atoms with van der Waals surface area (Å²) in [5.41, 5.74) is 8.10. The van der Waals surface area contributed by atoms with E-state index in [2.05, 4.69) is 25.7 Å². The van der Waals surface area contributed by atoms with E-state index in [1.807, 2.05) is 6.07 Å². The molecule has 0 amide bonds. The first-order chi connectivity index (χ1) is 7.99. The van der Waals surface area contributed by atoms with E-state index in [0.29, 0.717) is 12.5 Å². The quantitative estimate of drug-likeness (QED) is 0.874. The lowest BCUT2D eigenvalue weighted by atomic mass is 9.86. The first kappa shape index (κ1) is 12.4. The Balaban J connectivity index is 2.41. The molecule has 0 aliphatic carbocycles. The Bertz CT molecular complexity index is 417. The third-order valence-corrected chi connectivity index (χ3v) is 4.22. The van der Waals surface area contributed by atoms with E-state index in [9.17, 15) is 4.39 Å². The summed E-state index contributed by atoms with van der Waals surface area (Å²) in [4.78, 5) is 2.27. The van der Waals surface area contributed by atoms with E-state index in [1.54, 1.807) is 6.07 Å². The standard InChI is InChI=1S/C14H21FN2/c1-10(2)14(3,9-16)17-7-6-11-4-5-12(15)8-13(11)17/h4-5,8,10H,6-7,9,16H2,1-3H3. The third kappa shape index (κ3) is 1.93. The normalized spacial score (nSPS) is 18.4. The highest BCUT2D eigenvalue weighted by Gasteiger charge is 2.37. The molecule has 0 aromatic heterocycles. The van der Waals surface area contributed by atoms with Crippen molar-refractivity contribution in [1.82, 2.24) is 0 Å². The van der Waals surface area contributed by atoms with Gasteiger partial charge in [0.15, 0.2) is 0 Å². The van der Waals surface area contributed by atoms with Gasteiger partial charge in [0, 0.05) is 18.8 Å². The van der Waals surface area contributed by atoms with Crippen LogP contribution >= 0.6 is 0 Å². The Hall–Kier alpha value is -1.09. The first-order valence-electron chi connectivity index (χ1n) is 6.25. The molecular formula is C14H21FN2. The van der Waals surface area contributed by atoms with Crippen LogP contribution in [0.25, 0.3) is 0 Å². The fraction of sp³-hybridized carbons (Fsp3) is 0.571. The Labute approximate surface area is 103 Å². The molecule has 0 bridgehead atoms. The van der Waals surface area contributed by atoms with Crippen LogP contribution in [0.4, 0.5) is 10.1 Å². The number of nitrogens with two attached hydrogens (primary N) is 1.